The SMILES string of the molecule is O=C(O)c1cc(Cl)nc(-n2cc(I)cn2)c1. The summed E-state index contributed by atoms with van der Waals surface area (Å²) in [5, 5.41) is 13.0. The molecule has 0 saturated carbocycles. The number of carboxylic acid groups (broad SMARTS) is 1. The molecule has 0 aliphatic heterocycles. The van der Waals surface area contributed by atoms with Crippen molar-refractivity contribution in [2.24, 2.45) is 0 Å². The van der Waals surface area contributed by atoms with Gasteiger partial charge in [-0.1, -0.05) is 11.6 Å². The van der Waals surface area contributed by atoms with Gasteiger partial charge in [-0.3, -0.25) is 0 Å². The van der Waals surface area contributed by atoms with Gasteiger partial charge in [0.2, 0.25) is 0 Å². The Kier molecular flexibility index (Phi) is 3.10. The van der Waals surface area contributed by atoms with Crippen LogP contribution >= 0.6 is 34.2 Å². The first-order valence-electron chi connectivity index (χ1n) is 4.17. The summed E-state index contributed by atoms with van der Waals surface area (Å²) in [6.45, 7) is 0. The first-order valence-corrected chi connectivity index (χ1v) is 5.63. The van der Waals surface area contributed by atoms with E-state index in [4.69, 9.17) is 16.7 Å². The largest absolute Gasteiger partial charge is 0.478 e. The van der Waals surface area contributed by atoms with Crippen LogP contribution in [0.15, 0.2) is 24.5 Å². The van der Waals surface area contributed by atoms with Gasteiger partial charge in [0.05, 0.1) is 15.3 Å². The molecule has 2 heterocycles. The fourth-order valence-electron chi connectivity index (χ4n) is 1.15. The summed E-state index contributed by atoms with van der Waals surface area (Å²) in [5.41, 5.74) is 0.0838. The number of hydrogen-bond donors (Lipinski definition) is 1. The van der Waals surface area contributed by atoms with Crippen molar-refractivity contribution in [3.05, 3.63) is 38.8 Å². The Balaban J connectivity index is 2.53. The first-order chi connectivity index (χ1) is 7.56. The summed E-state index contributed by atoms with van der Waals surface area (Å²) < 4.78 is 2.40. The van der Waals surface area contributed by atoms with Crippen molar-refractivity contribution in [3.63, 3.8) is 0 Å². The molecule has 0 fully saturated rings. The second kappa shape index (κ2) is 4.38. The lowest BCUT2D eigenvalue weighted by Crippen LogP contribution is -2.03. The van der Waals surface area contributed by atoms with Crippen molar-refractivity contribution in [1.82, 2.24) is 14.8 Å². The van der Waals surface area contributed by atoms with E-state index in [1.165, 1.54) is 16.8 Å². The zero-order valence-corrected chi connectivity index (χ0v) is 10.7. The van der Waals surface area contributed by atoms with Gasteiger partial charge in [0.25, 0.3) is 0 Å². The number of carboxylic acids is 1. The molecule has 82 valence electrons. The number of nitrogens with zero attached hydrogens (tertiary/aromatic N) is 3. The summed E-state index contributed by atoms with van der Waals surface area (Å²) in [6, 6.07) is 2.71. The predicted octanol–water partition coefficient (Wildman–Crippen LogP) is 2.22. The van der Waals surface area contributed by atoms with Gasteiger partial charge in [-0.05, 0) is 34.7 Å². The van der Waals surface area contributed by atoms with Crippen molar-refractivity contribution >= 4 is 40.2 Å². The van der Waals surface area contributed by atoms with Crippen LogP contribution in [0, 0.1) is 3.57 Å². The Morgan fingerprint density at radius 2 is 2.25 bits per heavy atom. The van der Waals surface area contributed by atoms with Crippen LogP contribution < -0.4 is 0 Å². The molecule has 0 spiro atoms. The summed E-state index contributed by atoms with van der Waals surface area (Å²) in [6.07, 6.45) is 3.37. The van der Waals surface area contributed by atoms with Gasteiger partial charge >= 0.3 is 5.97 Å². The molecule has 2 rings (SSSR count). The second-order valence-corrected chi connectivity index (χ2v) is 4.58. The highest BCUT2D eigenvalue weighted by Gasteiger charge is 2.09. The molecule has 16 heavy (non-hydrogen) atoms. The van der Waals surface area contributed by atoms with Gasteiger partial charge < -0.3 is 5.11 Å². The van der Waals surface area contributed by atoms with Crippen LogP contribution in [-0.2, 0) is 0 Å². The highest BCUT2D eigenvalue weighted by atomic mass is 127. The standard InChI is InChI=1S/C9H5ClIN3O2/c10-7-1-5(9(15)16)2-8(13-7)14-4-6(11)3-12-14/h1-4H,(H,15,16). The number of aromatic nitrogens is 3. The molecule has 0 aliphatic rings. The Morgan fingerprint density at radius 3 is 2.81 bits per heavy atom. The van der Waals surface area contributed by atoms with Gasteiger partial charge in [-0.15, -0.1) is 0 Å². The van der Waals surface area contributed by atoms with Crippen LogP contribution in [0.1, 0.15) is 10.4 Å². The third-order valence-corrected chi connectivity index (χ3v) is 2.56. The number of rotatable bonds is 2. The maximum absolute atomic E-state index is 10.8. The van der Waals surface area contributed by atoms with Crippen LogP contribution in [0.25, 0.3) is 5.82 Å². The topological polar surface area (TPSA) is 68.0 Å². The normalized spacial score (nSPS) is 10.4. The molecular formula is C9H5ClIN3O2. The summed E-state index contributed by atoms with van der Waals surface area (Å²) in [4.78, 5) is 14.8. The van der Waals surface area contributed by atoms with Gasteiger partial charge in [0.15, 0.2) is 5.82 Å². The average molecular weight is 350 g/mol. The summed E-state index contributed by atoms with van der Waals surface area (Å²) >= 11 is 7.83. The maximum Gasteiger partial charge on any atom is 0.335 e. The number of pyridine rings is 1. The van der Waals surface area contributed by atoms with E-state index in [9.17, 15) is 4.79 Å². The number of hydrogen-bond acceptors (Lipinski definition) is 3. The minimum absolute atomic E-state index is 0.0838. The summed E-state index contributed by atoms with van der Waals surface area (Å²) in [7, 11) is 0. The van der Waals surface area contributed by atoms with Crippen LogP contribution in [0.2, 0.25) is 5.15 Å². The maximum atomic E-state index is 10.8. The molecule has 0 unspecified atom stereocenters. The molecule has 5 nitrogen and oxygen atoms in total. The van der Waals surface area contributed by atoms with E-state index in [2.05, 4.69) is 32.7 Å². The molecule has 2 aromatic heterocycles. The van der Waals surface area contributed by atoms with Crippen LogP contribution in [0.5, 0.6) is 0 Å². The van der Waals surface area contributed by atoms with Gasteiger partial charge in [-0.2, -0.15) is 5.10 Å². The van der Waals surface area contributed by atoms with Crippen molar-refractivity contribution in [2.75, 3.05) is 0 Å². The van der Waals surface area contributed by atoms with Crippen LogP contribution in [0.4, 0.5) is 0 Å². The molecule has 0 atom stereocenters. The van der Waals surface area contributed by atoms with Crippen LogP contribution in [-0.4, -0.2) is 25.8 Å². The lowest BCUT2D eigenvalue weighted by molar-refractivity contribution is 0.0696. The van der Waals surface area contributed by atoms with Gasteiger partial charge in [-0.25, -0.2) is 14.5 Å². The Labute approximate surface area is 109 Å². The fraction of sp³-hybridized carbons (Fsp3) is 0. The fourth-order valence-corrected chi connectivity index (χ4v) is 1.74. The molecule has 7 heteroatoms. The van der Waals surface area contributed by atoms with E-state index in [-0.39, 0.29) is 10.7 Å². The number of halogens is 2. The highest BCUT2D eigenvalue weighted by Crippen LogP contribution is 2.14. The van der Waals surface area contributed by atoms with Crippen molar-refractivity contribution in [1.29, 1.82) is 0 Å². The Bertz CT molecular complexity index is 555. The second-order valence-electron chi connectivity index (χ2n) is 2.95. The number of aromatic carboxylic acids is 1. The van der Waals surface area contributed by atoms with E-state index in [0.717, 1.165) is 3.57 Å². The third kappa shape index (κ3) is 2.33. The number of carbonyl (C=O) groups is 1. The average Bonchev–Trinajstić information content (AvgIpc) is 2.64. The minimum atomic E-state index is -1.05. The first kappa shape index (κ1) is 11.3. The van der Waals surface area contributed by atoms with Crippen molar-refractivity contribution < 1.29 is 9.90 Å². The van der Waals surface area contributed by atoms with Crippen molar-refractivity contribution in [3.8, 4) is 5.82 Å². The molecule has 0 saturated heterocycles. The summed E-state index contributed by atoms with van der Waals surface area (Å²) in [5.74, 6) is -0.666. The van der Waals surface area contributed by atoms with Crippen molar-refractivity contribution in [2.45, 2.75) is 0 Å². The zero-order valence-electron chi connectivity index (χ0n) is 7.76. The quantitative estimate of drug-likeness (QED) is 0.667. The Hall–Kier alpha value is -1.15. The molecule has 0 aromatic carbocycles. The monoisotopic (exact) mass is 349 g/mol. The lowest BCUT2D eigenvalue weighted by atomic mass is 10.2. The van der Waals surface area contributed by atoms with E-state index < -0.39 is 5.97 Å². The molecule has 0 radical (unpaired) electrons. The smallest absolute Gasteiger partial charge is 0.335 e. The van der Waals surface area contributed by atoms with E-state index >= 15 is 0 Å². The van der Waals surface area contributed by atoms with E-state index in [1.807, 2.05) is 0 Å². The predicted molar refractivity (Wildman–Crippen MR) is 66.0 cm³/mol. The van der Waals surface area contributed by atoms with Gasteiger partial charge in [0.1, 0.15) is 5.15 Å². The van der Waals surface area contributed by atoms with E-state index in [0.29, 0.717) is 5.82 Å². The van der Waals surface area contributed by atoms with E-state index in [1.54, 1.807) is 12.4 Å². The molecule has 0 bridgehead atoms. The Morgan fingerprint density at radius 1 is 1.50 bits per heavy atom. The lowest BCUT2D eigenvalue weighted by Gasteiger charge is -2.02. The molecule has 0 aliphatic carbocycles. The molecular weight excluding hydrogens is 344 g/mol. The third-order valence-electron chi connectivity index (χ3n) is 1.81. The molecule has 2 aromatic rings. The molecule has 0 amide bonds. The van der Waals surface area contributed by atoms with Gasteiger partial charge in [0, 0.05) is 6.20 Å². The zero-order chi connectivity index (χ0) is 11.7. The van der Waals surface area contributed by atoms with Crippen LogP contribution in [0.3, 0.4) is 0 Å². The highest BCUT2D eigenvalue weighted by molar-refractivity contribution is 14.1. The minimum Gasteiger partial charge on any atom is -0.478 e. The molecule has 1 N–H and O–H groups in total.